The van der Waals surface area contributed by atoms with Gasteiger partial charge in [0.1, 0.15) is 0 Å². The molecule has 18 heavy (non-hydrogen) atoms. The number of nitrogens with zero attached hydrogens (tertiary/aromatic N) is 1. The normalized spacial score (nSPS) is 10.9. The highest BCUT2D eigenvalue weighted by Gasteiger charge is 2.00. The number of aromatic nitrogens is 1. The van der Waals surface area contributed by atoms with Gasteiger partial charge in [-0.1, -0.05) is 29.8 Å². The molecule has 2 rings (SSSR count). The molecule has 0 bridgehead atoms. The lowest BCUT2D eigenvalue weighted by atomic mass is 10.1. The molecular formula is C15H15NO2. The van der Waals surface area contributed by atoms with Crippen molar-refractivity contribution in [3.8, 4) is 0 Å². The van der Waals surface area contributed by atoms with Crippen LogP contribution in [0.1, 0.15) is 16.8 Å². The fourth-order valence-electron chi connectivity index (χ4n) is 1.89. The van der Waals surface area contributed by atoms with E-state index in [0.717, 1.165) is 18.3 Å². The van der Waals surface area contributed by atoms with Crippen LogP contribution in [0.4, 0.5) is 0 Å². The van der Waals surface area contributed by atoms with E-state index in [1.165, 1.54) is 11.1 Å². The van der Waals surface area contributed by atoms with Gasteiger partial charge in [0.15, 0.2) is 0 Å². The molecule has 1 aromatic carbocycles. The van der Waals surface area contributed by atoms with Gasteiger partial charge in [0.05, 0.1) is 0 Å². The Morgan fingerprint density at radius 1 is 1.33 bits per heavy atom. The molecule has 0 unspecified atom stereocenters. The largest absolute Gasteiger partial charge is 0.478 e. The van der Waals surface area contributed by atoms with E-state index in [0.29, 0.717) is 0 Å². The predicted molar refractivity (Wildman–Crippen MR) is 71.4 cm³/mol. The summed E-state index contributed by atoms with van der Waals surface area (Å²) in [6.45, 7) is 2.80. The molecule has 0 spiro atoms. The smallest absolute Gasteiger partial charge is 0.328 e. The summed E-state index contributed by atoms with van der Waals surface area (Å²) in [5, 5.41) is 8.63. The number of aryl methyl sites for hydroxylation is 1. The third-order valence-corrected chi connectivity index (χ3v) is 2.70. The number of rotatable bonds is 4. The van der Waals surface area contributed by atoms with Crippen LogP contribution in [0.15, 0.2) is 48.7 Å². The minimum Gasteiger partial charge on any atom is -0.478 e. The minimum atomic E-state index is -0.932. The standard InChI is InChI=1S/C15H15NO2/c1-12-4-2-5-13(10-12)11-16-9-3-6-14(16)7-8-15(17)18/h2-10H,11H2,1H3,(H,17,18). The topological polar surface area (TPSA) is 42.2 Å². The van der Waals surface area contributed by atoms with Crippen molar-refractivity contribution in [3.05, 3.63) is 65.5 Å². The highest BCUT2D eigenvalue weighted by atomic mass is 16.4. The zero-order chi connectivity index (χ0) is 13.0. The third-order valence-electron chi connectivity index (χ3n) is 2.70. The molecule has 92 valence electrons. The Balaban J connectivity index is 2.20. The second-order valence-electron chi connectivity index (χ2n) is 4.22. The zero-order valence-electron chi connectivity index (χ0n) is 10.2. The minimum absolute atomic E-state index is 0.744. The quantitative estimate of drug-likeness (QED) is 0.836. The molecule has 2 aromatic rings. The van der Waals surface area contributed by atoms with Crippen molar-refractivity contribution >= 4 is 12.0 Å². The van der Waals surface area contributed by atoms with Crippen LogP contribution in [0.5, 0.6) is 0 Å². The summed E-state index contributed by atoms with van der Waals surface area (Å²) in [6.07, 6.45) is 4.71. The number of aliphatic carboxylic acids is 1. The summed E-state index contributed by atoms with van der Waals surface area (Å²) in [5.41, 5.74) is 3.32. The SMILES string of the molecule is Cc1cccc(Cn2cccc2C=CC(=O)O)c1. The van der Waals surface area contributed by atoms with Crippen molar-refractivity contribution in [1.29, 1.82) is 0 Å². The first-order valence-corrected chi connectivity index (χ1v) is 5.77. The van der Waals surface area contributed by atoms with Gasteiger partial charge in [0.25, 0.3) is 0 Å². The summed E-state index contributed by atoms with van der Waals surface area (Å²) < 4.78 is 2.02. The Kier molecular flexibility index (Phi) is 3.63. The third kappa shape index (κ3) is 3.10. The average Bonchev–Trinajstić information content (AvgIpc) is 2.74. The van der Waals surface area contributed by atoms with Crippen LogP contribution in [0, 0.1) is 6.92 Å². The molecule has 1 aromatic heterocycles. The summed E-state index contributed by atoms with van der Waals surface area (Å²) in [4.78, 5) is 10.5. The maximum Gasteiger partial charge on any atom is 0.328 e. The fourth-order valence-corrected chi connectivity index (χ4v) is 1.89. The maximum atomic E-state index is 10.5. The lowest BCUT2D eigenvalue weighted by Crippen LogP contribution is -2.00. The number of carbonyl (C=O) groups is 1. The molecule has 0 atom stereocenters. The van der Waals surface area contributed by atoms with E-state index >= 15 is 0 Å². The molecule has 0 aliphatic rings. The van der Waals surface area contributed by atoms with Gasteiger partial charge in [-0.25, -0.2) is 4.79 Å². The van der Waals surface area contributed by atoms with Crippen molar-refractivity contribution in [2.75, 3.05) is 0 Å². The van der Waals surface area contributed by atoms with Crippen molar-refractivity contribution in [2.24, 2.45) is 0 Å². The summed E-state index contributed by atoms with van der Waals surface area (Å²) >= 11 is 0. The van der Waals surface area contributed by atoms with Crippen molar-refractivity contribution in [3.63, 3.8) is 0 Å². The zero-order valence-corrected chi connectivity index (χ0v) is 10.2. The first-order chi connectivity index (χ1) is 8.65. The number of carboxylic acid groups (broad SMARTS) is 1. The van der Waals surface area contributed by atoms with E-state index in [2.05, 4.69) is 25.1 Å². The summed E-state index contributed by atoms with van der Waals surface area (Å²) in [5.74, 6) is -0.932. The molecule has 3 heteroatoms. The first kappa shape index (κ1) is 12.2. The molecule has 1 N–H and O–H groups in total. The van der Waals surface area contributed by atoms with Crippen LogP contribution in [0.25, 0.3) is 6.08 Å². The molecule has 0 amide bonds. The van der Waals surface area contributed by atoms with Gasteiger partial charge in [-0.3, -0.25) is 0 Å². The van der Waals surface area contributed by atoms with E-state index in [-0.39, 0.29) is 0 Å². The lowest BCUT2D eigenvalue weighted by Gasteiger charge is -2.07. The first-order valence-electron chi connectivity index (χ1n) is 5.77. The van der Waals surface area contributed by atoms with Crippen LogP contribution < -0.4 is 0 Å². The predicted octanol–water partition coefficient (Wildman–Crippen LogP) is 2.94. The van der Waals surface area contributed by atoms with Gasteiger partial charge in [0.2, 0.25) is 0 Å². The Labute approximate surface area is 106 Å². The number of carboxylic acids is 1. The van der Waals surface area contributed by atoms with Crippen molar-refractivity contribution in [1.82, 2.24) is 4.57 Å². The highest BCUT2D eigenvalue weighted by Crippen LogP contribution is 2.10. The molecular weight excluding hydrogens is 226 g/mol. The number of benzene rings is 1. The van der Waals surface area contributed by atoms with E-state index in [4.69, 9.17) is 5.11 Å². The van der Waals surface area contributed by atoms with E-state index < -0.39 is 5.97 Å². The highest BCUT2D eigenvalue weighted by molar-refractivity contribution is 5.84. The van der Waals surface area contributed by atoms with E-state index in [1.54, 1.807) is 6.08 Å². The molecule has 0 radical (unpaired) electrons. The molecule has 0 aliphatic carbocycles. The number of hydrogen-bond donors (Lipinski definition) is 1. The van der Waals surface area contributed by atoms with Gasteiger partial charge >= 0.3 is 5.97 Å². The van der Waals surface area contributed by atoms with Gasteiger partial charge in [0, 0.05) is 24.5 Å². The van der Waals surface area contributed by atoms with Crippen LogP contribution in [0.2, 0.25) is 0 Å². The van der Waals surface area contributed by atoms with Crippen LogP contribution >= 0.6 is 0 Å². The Hall–Kier alpha value is -2.29. The van der Waals surface area contributed by atoms with Gasteiger partial charge in [-0.15, -0.1) is 0 Å². The Bertz CT molecular complexity index is 582. The molecule has 0 fully saturated rings. The monoisotopic (exact) mass is 241 g/mol. The molecule has 3 nitrogen and oxygen atoms in total. The number of hydrogen-bond acceptors (Lipinski definition) is 1. The van der Waals surface area contributed by atoms with Gasteiger partial charge in [-0.2, -0.15) is 0 Å². The van der Waals surface area contributed by atoms with Crippen molar-refractivity contribution in [2.45, 2.75) is 13.5 Å². The van der Waals surface area contributed by atoms with Crippen LogP contribution in [-0.2, 0) is 11.3 Å². The maximum absolute atomic E-state index is 10.5. The van der Waals surface area contributed by atoms with E-state index in [1.807, 2.05) is 29.0 Å². The van der Waals surface area contributed by atoms with E-state index in [9.17, 15) is 4.79 Å². The summed E-state index contributed by atoms with van der Waals surface area (Å²) in [6, 6.07) is 12.1. The Morgan fingerprint density at radius 2 is 2.17 bits per heavy atom. The fraction of sp³-hybridized carbons (Fsp3) is 0.133. The summed E-state index contributed by atoms with van der Waals surface area (Å²) in [7, 11) is 0. The lowest BCUT2D eigenvalue weighted by molar-refractivity contribution is -0.131. The molecule has 0 aliphatic heterocycles. The van der Waals surface area contributed by atoms with Gasteiger partial charge in [-0.05, 0) is 30.7 Å². The average molecular weight is 241 g/mol. The van der Waals surface area contributed by atoms with Crippen LogP contribution in [0.3, 0.4) is 0 Å². The van der Waals surface area contributed by atoms with Crippen LogP contribution in [-0.4, -0.2) is 15.6 Å². The molecule has 0 saturated heterocycles. The Morgan fingerprint density at radius 3 is 2.89 bits per heavy atom. The second kappa shape index (κ2) is 5.36. The molecule has 0 saturated carbocycles. The molecule has 1 heterocycles. The van der Waals surface area contributed by atoms with Crippen molar-refractivity contribution < 1.29 is 9.90 Å². The second-order valence-corrected chi connectivity index (χ2v) is 4.22. The van der Waals surface area contributed by atoms with Gasteiger partial charge < -0.3 is 9.67 Å².